The molecule has 0 N–H and O–H groups in total. The number of carbonyl (C=O) groups is 4. The zero-order valence-corrected chi connectivity index (χ0v) is 40.2. The van der Waals surface area contributed by atoms with E-state index in [9.17, 15) is 19.2 Å². The van der Waals surface area contributed by atoms with E-state index in [0.29, 0.717) is 12.8 Å². The first-order valence-electron chi connectivity index (χ1n) is 25.3. The van der Waals surface area contributed by atoms with Crippen molar-refractivity contribution < 1.29 is 38.1 Å². The first-order chi connectivity index (χ1) is 29.0. The molecule has 0 saturated carbocycles. The summed E-state index contributed by atoms with van der Waals surface area (Å²) >= 11 is 0. The van der Waals surface area contributed by atoms with Crippen LogP contribution in [0, 0.1) is 23.2 Å². The second-order valence-corrected chi connectivity index (χ2v) is 18.8. The van der Waals surface area contributed by atoms with Gasteiger partial charge in [0.25, 0.3) is 0 Å². The van der Waals surface area contributed by atoms with Gasteiger partial charge in [-0.3, -0.25) is 14.4 Å². The molecule has 1 unspecified atom stereocenters. The van der Waals surface area contributed by atoms with Crippen molar-refractivity contribution >= 4 is 23.9 Å². The number of hydrogen-bond acceptors (Lipinski definition) is 8. The molecule has 0 aliphatic rings. The van der Waals surface area contributed by atoms with E-state index >= 15 is 0 Å². The average molecular weight is 849 g/mol. The molecule has 8 heteroatoms. The van der Waals surface area contributed by atoms with Crippen LogP contribution in [0.25, 0.3) is 0 Å². The Balaban J connectivity index is 4.91. The molecule has 0 saturated heterocycles. The summed E-state index contributed by atoms with van der Waals surface area (Å²) in [6.45, 7) is 15.8. The fourth-order valence-electron chi connectivity index (χ4n) is 7.61. The molecule has 0 spiro atoms. The summed E-state index contributed by atoms with van der Waals surface area (Å²) in [7, 11) is 0. The lowest BCUT2D eigenvalue weighted by molar-refractivity contribution is -0.171. The van der Waals surface area contributed by atoms with Gasteiger partial charge < -0.3 is 18.9 Å². The van der Waals surface area contributed by atoms with Crippen LogP contribution in [0.1, 0.15) is 247 Å². The lowest BCUT2D eigenvalue weighted by Crippen LogP contribution is -2.44. The van der Waals surface area contributed by atoms with Crippen LogP contribution in [-0.4, -0.2) is 50.3 Å². The topological polar surface area (TPSA) is 105 Å². The van der Waals surface area contributed by atoms with Gasteiger partial charge >= 0.3 is 23.9 Å². The third kappa shape index (κ3) is 36.3. The minimum absolute atomic E-state index is 0.210. The van der Waals surface area contributed by atoms with Gasteiger partial charge in [0.1, 0.15) is 31.8 Å². The van der Waals surface area contributed by atoms with Gasteiger partial charge in [0, 0.05) is 18.9 Å². The van der Waals surface area contributed by atoms with Crippen LogP contribution >= 0.6 is 0 Å². The molecular weight excluding hydrogens is 753 g/mol. The van der Waals surface area contributed by atoms with Crippen LogP contribution in [0.4, 0.5) is 0 Å². The number of carbonyl (C=O) groups excluding carboxylic acids is 4. The number of esters is 4. The smallest absolute Gasteiger partial charge is 0.330 e. The van der Waals surface area contributed by atoms with Crippen molar-refractivity contribution in [1.82, 2.24) is 0 Å². The summed E-state index contributed by atoms with van der Waals surface area (Å²) in [4.78, 5) is 51.3. The molecule has 0 radical (unpaired) electrons. The van der Waals surface area contributed by atoms with Crippen molar-refractivity contribution in [2.24, 2.45) is 23.2 Å². The molecule has 0 heterocycles. The summed E-state index contributed by atoms with van der Waals surface area (Å²) in [6, 6.07) is 0. The molecule has 0 bridgehead atoms. The second kappa shape index (κ2) is 40.7. The zero-order valence-electron chi connectivity index (χ0n) is 40.2. The van der Waals surface area contributed by atoms with Gasteiger partial charge in [-0.25, -0.2) is 4.79 Å². The second-order valence-electron chi connectivity index (χ2n) is 18.8. The van der Waals surface area contributed by atoms with E-state index in [0.717, 1.165) is 69.3 Å². The molecule has 0 amide bonds. The highest BCUT2D eigenvalue weighted by Crippen LogP contribution is 2.25. The fraction of sp³-hybridized carbons (Fsp3) is 0.885. The zero-order chi connectivity index (χ0) is 44.5. The van der Waals surface area contributed by atoms with Crippen molar-refractivity contribution in [3.8, 4) is 0 Å². The van der Waals surface area contributed by atoms with Gasteiger partial charge in [0.15, 0.2) is 0 Å². The van der Waals surface area contributed by atoms with E-state index in [2.05, 4.69) is 41.2 Å². The van der Waals surface area contributed by atoms with Gasteiger partial charge in [-0.15, -0.1) is 0 Å². The van der Waals surface area contributed by atoms with Crippen LogP contribution in [0.5, 0.6) is 0 Å². The maximum atomic E-state index is 13.2. The van der Waals surface area contributed by atoms with Crippen LogP contribution in [0.15, 0.2) is 12.7 Å². The van der Waals surface area contributed by atoms with E-state index in [1.165, 1.54) is 128 Å². The summed E-state index contributed by atoms with van der Waals surface area (Å²) < 4.78 is 22.8. The number of hydrogen-bond donors (Lipinski definition) is 0. The predicted octanol–water partition coefficient (Wildman–Crippen LogP) is 14.8. The molecule has 0 aliphatic carbocycles. The first-order valence-corrected chi connectivity index (χ1v) is 25.3. The number of ether oxygens (including phenoxy) is 4. The highest BCUT2D eigenvalue weighted by atomic mass is 16.6. The highest BCUT2D eigenvalue weighted by Gasteiger charge is 2.38. The standard InChI is InChI=1S/C52H96O8/c1-8-11-38-47(9-2)51(56)60-44-52(41-57-48(53)10-3,42-58-49(54)39-34-30-26-22-18-14-12-16-20-24-28-32-36-45(4)5)43-59-50(55)40-35-31-27-23-19-15-13-17-21-25-29-33-37-46(6)7/h10,45-47H,3,8-9,11-44H2,1-2,4-7H3. The van der Waals surface area contributed by atoms with Crippen LogP contribution in [0.2, 0.25) is 0 Å². The third-order valence-corrected chi connectivity index (χ3v) is 11.8. The Morgan fingerprint density at radius 3 is 1.12 bits per heavy atom. The van der Waals surface area contributed by atoms with Crippen molar-refractivity contribution in [3.63, 3.8) is 0 Å². The Bertz CT molecular complexity index is 1000. The van der Waals surface area contributed by atoms with Gasteiger partial charge in [-0.1, -0.05) is 215 Å². The molecular formula is C52H96O8. The average Bonchev–Trinajstić information content (AvgIpc) is 3.23. The number of unbranched alkanes of at least 4 members (excludes halogenated alkanes) is 23. The number of rotatable bonds is 44. The molecule has 1 atom stereocenters. The van der Waals surface area contributed by atoms with Crippen LogP contribution in [-0.2, 0) is 38.1 Å². The molecule has 0 rings (SSSR count). The minimum atomic E-state index is -1.25. The quantitative estimate of drug-likeness (QED) is 0.0258. The molecule has 0 aliphatic heterocycles. The molecule has 0 aromatic rings. The molecule has 0 fully saturated rings. The fourth-order valence-corrected chi connectivity index (χ4v) is 7.61. The predicted molar refractivity (Wildman–Crippen MR) is 249 cm³/mol. The normalized spacial score (nSPS) is 12.1. The Labute approximate surface area is 370 Å². The summed E-state index contributed by atoms with van der Waals surface area (Å²) in [6.07, 6.45) is 36.6. The summed E-state index contributed by atoms with van der Waals surface area (Å²) in [5, 5.41) is 0. The van der Waals surface area contributed by atoms with Gasteiger partial charge in [0.2, 0.25) is 0 Å². The summed E-state index contributed by atoms with van der Waals surface area (Å²) in [5.74, 6) is -0.387. The monoisotopic (exact) mass is 849 g/mol. The van der Waals surface area contributed by atoms with Crippen molar-refractivity contribution in [1.29, 1.82) is 0 Å². The largest absolute Gasteiger partial charge is 0.465 e. The van der Waals surface area contributed by atoms with Gasteiger partial charge in [-0.2, -0.15) is 0 Å². The van der Waals surface area contributed by atoms with E-state index in [4.69, 9.17) is 18.9 Å². The highest BCUT2D eigenvalue weighted by molar-refractivity contribution is 5.81. The minimum Gasteiger partial charge on any atom is -0.465 e. The Morgan fingerprint density at radius 1 is 0.450 bits per heavy atom. The van der Waals surface area contributed by atoms with Crippen molar-refractivity contribution in [3.05, 3.63) is 12.7 Å². The molecule has 0 aromatic heterocycles. The van der Waals surface area contributed by atoms with Crippen LogP contribution < -0.4 is 0 Å². The molecule has 60 heavy (non-hydrogen) atoms. The molecule has 0 aromatic carbocycles. The lowest BCUT2D eigenvalue weighted by atomic mass is 9.91. The first kappa shape index (κ1) is 57.6. The summed E-state index contributed by atoms with van der Waals surface area (Å²) in [5.41, 5.74) is -1.25. The van der Waals surface area contributed by atoms with E-state index in [1.807, 2.05) is 6.92 Å². The van der Waals surface area contributed by atoms with Crippen LogP contribution in [0.3, 0.4) is 0 Å². The molecule has 352 valence electrons. The van der Waals surface area contributed by atoms with E-state index in [-0.39, 0.29) is 63.1 Å². The maximum Gasteiger partial charge on any atom is 0.330 e. The van der Waals surface area contributed by atoms with E-state index < -0.39 is 11.4 Å². The van der Waals surface area contributed by atoms with Gasteiger partial charge in [0.05, 0.1) is 5.92 Å². The maximum absolute atomic E-state index is 13.2. The van der Waals surface area contributed by atoms with Gasteiger partial charge in [-0.05, 0) is 37.5 Å². The molecule has 8 nitrogen and oxygen atoms in total. The SMILES string of the molecule is C=CC(=O)OCC(COC(=O)CCCCCCCCCCCCCCC(C)C)(COC(=O)CCCCCCCCCCCCCCC(C)C)COC(=O)C(CC)CCCC. The third-order valence-electron chi connectivity index (χ3n) is 11.8. The van der Waals surface area contributed by atoms with Crippen molar-refractivity contribution in [2.75, 3.05) is 26.4 Å². The van der Waals surface area contributed by atoms with E-state index in [1.54, 1.807) is 0 Å². The Morgan fingerprint density at radius 2 is 0.783 bits per heavy atom. The van der Waals surface area contributed by atoms with Crippen molar-refractivity contribution in [2.45, 2.75) is 247 Å². The Kier molecular flexibility index (Phi) is 39.1. The lowest BCUT2D eigenvalue weighted by Gasteiger charge is -2.32. The Hall–Kier alpha value is -2.38.